The van der Waals surface area contributed by atoms with Gasteiger partial charge in [0.1, 0.15) is 0 Å². The lowest BCUT2D eigenvalue weighted by Crippen LogP contribution is -2.30. The number of rotatable bonds is 4. The van der Waals surface area contributed by atoms with Gasteiger partial charge in [-0.05, 0) is 48.2 Å². The molecule has 18 heavy (non-hydrogen) atoms. The van der Waals surface area contributed by atoms with Crippen molar-refractivity contribution in [3.63, 3.8) is 0 Å². The van der Waals surface area contributed by atoms with Gasteiger partial charge in [0.25, 0.3) is 0 Å². The van der Waals surface area contributed by atoms with E-state index in [1.165, 1.54) is 16.7 Å². The van der Waals surface area contributed by atoms with Gasteiger partial charge in [-0.2, -0.15) is 0 Å². The molecule has 0 aliphatic rings. The molecule has 0 radical (unpaired) electrons. The van der Waals surface area contributed by atoms with Crippen LogP contribution in [0.3, 0.4) is 0 Å². The molecular weight excluding hydrogens is 290 g/mol. The van der Waals surface area contributed by atoms with Crippen molar-refractivity contribution >= 4 is 15.9 Å². The molecule has 3 nitrogen and oxygen atoms in total. The maximum atomic E-state index is 5.69. The lowest BCUT2D eigenvalue weighted by Gasteiger charge is -2.19. The highest BCUT2D eigenvalue weighted by atomic mass is 79.9. The van der Waals surface area contributed by atoms with Crippen LogP contribution in [-0.4, -0.2) is 4.98 Å². The van der Waals surface area contributed by atoms with Gasteiger partial charge in [0, 0.05) is 16.9 Å². The maximum Gasteiger partial charge on any atom is 0.0503 e. The molecule has 0 spiro atoms. The molecule has 3 N–H and O–H groups in total. The lowest BCUT2D eigenvalue weighted by atomic mass is 9.96. The standard InChI is InChI=1S/C14H16BrN3/c1-10-12(3-2-4-13(10)15)14(18-16)9-11-5-7-17-8-6-11/h2-8,14,18H,9,16H2,1H3. The Bertz CT molecular complexity index is 514. The van der Waals surface area contributed by atoms with Crippen molar-refractivity contribution in [2.75, 3.05) is 0 Å². The van der Waals surface area contributed by atoms with Crippen LogP contribution < -0.4 is 11.3 Å². The largest absolute Gasteiger partial charge is 0.271 e. The number of pyridine rings is 1. The van der Waals surface area contributed by atoms with E-state index in [9.17, 15) is 0 Å². The average molecular weight is 306 g/mol. The first kappa shape index (κ1) is 13.2. The molecule has 0 amide bonds. The molecule has 1 heterocycles. The first-order valence-corrected chi connectivity index (χ1v) is 6.61. The second kappa shape index (κ2) is 6.09. The van der Waals surface area contributed by atoms with E-state index >= 15 is 0 Å². The Labute approximate surface area is 116 Å². The summed E-state index contributed by atoms with van der Waals surface area (Å²) in [6.07, 6.45) is 4.45. The Morgan fingerprint density at radius 2 is 2.00 bits per heavy atom. The quantitative estimate of drug-likeness (QED) is 0.674. The normalized spacial score (nSPS) is 12.4. The average Bonchev–Trinajstić information content (AvgIpc) is 2.41. The third-order valence-electron chi connectivity index (χ3n) is 3.08. The minimum atomic E-state index is 0.102. The van der Waals surface area contributed by atoms with Crippen LogP contribution in [0.4, 0.5) is 0 Å². The van der Waals surface area contributed by atoms with E-state index in [1.54, 1.807) is 12.4 Å². The summed E-state index contributed by atoms with van der Waals surface area (Å²) >= 11 is 3.55. The minimum absolute atomic E-state index is 0.102. The number of aromatic nitrogens is 1. The summed E-state index contributed by atoms with van der Waals surface area (Å²) in [4.78, 5) is 4.02. The van der Waals surface area contributed by atoms with Gasteiger partial charge in [0.15, 0.2) is 0 Å². The summed E-state index contributed by atoms with van der Waals surface area (Å²) in [7, 11) is 0. The molecule has 1 aromatic carbocycles. The molecule has 2 aromatic rings. The fraction of sp³-hybridized carbons (Fsp3) is 0.214. The van der Waals surface area contributed by atoms with Gasteiger partial charge >= 0.3 is 0 Å². The van der Waals surface area contributed by atoms with E-state index < -0.39 is 0 Å². The lowest BCUT2D eigenvalue weighted by molar-refractivity contribution is 0.549. The Balaban J connectivity index is 2.26. The monoisotopic (exact) mass is 305 g/mol. The van der Waals surface area contributed by atoms with Crippen molar-refractivity contribution in [2.24, 2.45) is 5.84 Å². The minimum Gasteiger partial charge on any atom is -0.271 e. The molecule has 0 saturated carbocycles. The van der Waals surface area contributed by atoms with Gasteiger partial charge in [-0.15, -0.1) is 0 Å². The third kappa shape index (κ3) is 2.96. The molecule has 94 valence electrons. The molecule has 4 heteroatoms. The van der Waals surface area contributed by atoms with E-state index in [-0.39, 0.29) is 6.04 Å². The molecule has 0 bridgehead atoms. The number of nitrogens with two attached hydrogens (primary N) is 1. The zero-order chi connectivity index (χ0) is 13.0. The van der Waals surface area contributed by atoms with Crippen LogP contribution in [0.2, 0.25) is 0 Å². The van der Waals surface area contributed by atoms with Gasteiger partial charge in [0.05, 0.1) is 6.04 Å². The van der Waals surface area contributed by atoms with E-state index in [1.807, 2.05) is 24.3 Å². The summed E-state index contributed by atoms with van der Waals surface area (Å²) in [5, 5.41) is 0. The number of nitrogens with zero attached hydrogens (tertiary/aromatic N) is 1. The molecule has 0 aliphatic heterocycles. The molecule has 1 unspecified atom stereocenters. The zero-order valence-corrected chi connectivity index (χ0v) is 11.8. The summed E-state index contributed by atoms with van der Waals surface area (Å²) < 4.78 is 1.11. The van der Waals surface area contributed by atoms with Crippen LogP contribution in [0, 0.1) is 6.92 Å². The van der Waals surface area contributed by atoms with Crippen LogP contribution >= 0.6 is 15.9 Å². The molecule has 1 aromatic heterocycles. The van der Waals surface area contributed by atoms with Crippen LogP contribution in [0.5, 0.6) is 0 Å². The number of hydrazine groups is 1. The van der Waals surface area contributed by atoms with Crippen molar-refractivity contribution in [1.29, 1.82) is 0 Å². The molecule has 0 fully saturated rings. The summed E-state index contributed by atoms with van der Waals surface area (Å²) in [6.45, 7) is 2.09. The zero-order valence-electron chi connectivity index (χ0n) is 10.2. The predicted octanol–water partition coefficient (Wildman–Crippen LogP) is 2.90. The highest BCUT2D eigenvalue weighted by Crippen LogP contribution is 2.26. The third-order valence-corrected chi connectivity index (χ3v) is 3.93. The van der Waals surface area contributed by atoms with E-state index in [2.05, 4.69) is 39.3 Å². The van der Waals surface area contributed by atoms with Crippen molar-refractivity contribution < 1.29 is 0 Å². The van der Waals surface area contributed by atoms with Gasteiger partial charge in [-0.1, -0.05) is 28.1 Å². The number of nitrogens with one attached hydrogen (secondary N) is 1. The Morgan fingerprint density at radius 1 is 1.28 bits per heavy atom. The fourth-order valence-electron chi connectivity index (χ4n) is 2.01. The maximum absolute atomic E-state index is 5.69. The highest BCUT2D eigenvalue weighted by Gasteiger charge is 2.14. The molecule has 1 atom stereocenters. The van der Waals surface area contributed by atoms with Crippen LogP contribution in [0.1, 0.15) is 22.7 Å². The van der Waals surface area contributed by atoms with Gasteiger partial charge < -0.3 is 0 Å². The Morgan fingerprint density at radius 3 is 2.67 bits per heavy atom. The predicted molar refractivity (Wildman–Crippen MR) is 76.9 cm³/mol. The van der Waals surface area contributed by atoms with E-state index in [0.717, 1.165) is 10.9 Å². The van der Waals surface area contributed by atoms with Gasteiger partial charge in [0.2, 0.25) is 0 Å². The molecule has 0 aliphatic carbocycles. The Kier molecular flexibility index (Phi) is 4.47. The summed E-state index contributed by atoms with van der Waals surface area (Å²) in [5.41, 5.74) is 6.54. The summed E-state index contributed by atoms with van der Waals surface area (Å²) in [5.74, 6) is 5.69. The molecular formula is C14H16BrN3. The SMILES string of the molecule is Cc1c(Br)cccc1C(Cc1ccncc1)NN. The van der Waals surface area contributed by atoms with Crippen LogP contribution in [0.15, 0.2) is 47.2 Å². The number of halogens is 1. The topological polar surface area (TPSA) is 50.9 Å². The van der Waals surface area contributed by atoms with Crippen LogP contribution in [-0.2, 0) is 6.42 Å². The molecule has 2 rings (SSSR count). The molecule has 0 saturated heterocycles. The van der Waals surface area contributed by atoms with Crippen molar-refractivity contribution in [1.82, 2.24) is 10.4 Å². The number of hydrogen-bond acceptors (Lipinski definition) is 3. The van der Waals surface area contributed by atoms with Crippen molar-refractivity contribution in [3.05, 3.63) is 63.9 Å². The Hall–Kier alpha value is -1.23. The van der Waals surface area contributed by atoms with E-state index in [4.69, 9.17) is 5.84 Å². The fourth-order valence-corrected chi connectivity index (χ4v) is 2.40. The van der Waals surface area contributed by atoms with Crippen molar-refractivity contribution in [3.8, 4) is 0 Å². The summed E-state index contributed by atoms with van der Waals surface area (Å²) in [6, 6.07) is 10.3. The van der Waals surface area contributed by atoms with Gasteiger partial charge in [-0.25, -0.2) is 0 Å². The van der Waals surface area contributed by atoms with Gasteiger partial charge in [-0.3, -0.25) is 16.3 Å². The smallest absolute Gasteiger partial charge is 0.0503 e. The highest BCUT2D eigenvalue weighted by molar-refractivity contribution is 9.10. The first-order valence-electron chi connectivity index (χ1n) is 5.82. The van der Waals surface area contributed by atoms with Crippen molar-refractivity contribution in [2.45, 2.75) is 19.4 Å². The number of benzene rings is 1. The number of hydrogen-bond donors (Lipinski definition) is 2. The second-order valence-corrected chi connectivity index (χ2v) is 5.09. The second-order valence-electron chi connectivity index (χ2n) is 4.23. The van der Waals surface area contributed by atoms with Crippen LogP contribution in [0.25, 0.3) is 0 Å². The van der Waals surface area contributed by atoms with E-state index in [0.29, 0.717) is 0 Å². The first-order chi connectivity index (χ1) is 8.72.